The van der Waals surface area contributed by atoms with Gasteiger partial charge in [-0.1, -0.05) is 57.2 Å². The first-order valence-corrected chi connectivity index (χ1v) is 6.90. The Kier molecular flexibility index (Phi) is 6.64. The Morgan fingerprint density at radius 2 is 2.06 bits per heavy atom. The minimum absolute atomic E-state index is 0.572. The molecule has 0 saturated carbocycles. The maximum atomic E-state index is 3.56. The molecule has 1 aliphatic rings. The maximum absolute atomic E-state index is 3.56. The lowest BCUT2D eigenvalue weighted by atomic mass is 9.99. The molecule has 1 aromatic rings. The molecule has 94 valence electrons. The summed E-state index contributed by atoms with van der Waals surface area (Å²) in [5, 5.41) is 3.56. The molecule has 1 unspecified atom stereocenters. The van der Waals surface area contributed by atoms with Crippen LogP contribution in [0.5, 0.6) is 0 Å². The van der Waals surface area contributed by atoms with Gasteiger partial charge in [0.15, 0.2) is 0 Å². The van der Waals surface area contributed by atoms with Crippen LogP contribution in [0.15, 0.2) is 30.3 Å². The molecule has 1 saturated heterocycles. The van der Waals surface area contributed by atoms with Gasteiger partial charge in [-0.15, -0.1) is 0 Å². The van der Waals surface area contributed by atoms with Gasteiger partial charge in [-0.05, 0) is 36.9 Å². The highest BCUT2D eigenvalue weighted by molar-refractivity contribution is 5.54. The van der Waals surface area contributed by atoms with Gasteiger partial charge in [-0.25, -0.2) is 0 Å². The van der Waals surface area contributed by atoms with E-state index in [1.54, 1.807) is 0 Å². The Balaban J connectivity index is 0.000000686. The molecule has 1 atom stereocenters. The predicted molar refractivity (Wildman–Crippen MR) is 77.1 cm³/mol. The monoisotopic (exact) mass is 231 g/mol. The molecule has 0 amide bonds. The van der Waals surface area contributed by atoms with E-state index in [9.17, 15) is 0 Å². The minimum atomic E-state index is 0.572. The highest BCUT2D eigenvalue weighted by Crippen LogP contribution is 2.26. The van der Waals surface area contributed by atoms with Crippen molar-refractivity contribution in [1.29, 1.82) is 0 Å². The van der Waals surface area contributed by atoms with Gasteiger partial charge in [0.2, 0.25) is 0 Å². The van der Waals surface area contributed by atoms with Crippen LogP contribution in [0.2, 0.25) is 0 Å². The van der Waals surface area contributed by atoms with Crippen LogP contribution in [-0.2, 0) is 0 Å². The van der Waals surface area contributed by atoms with Gasteiger partial charge in [0.05, 0.1) is 0 Å². The maximum Gasteiger partial charge on any atom is 0.0326 e. The Hall–Kier alpha value is -1.08. The lowest BCUT2D eigenvalue weighted by Crippen LogP contribution is -2.13. The van der Waals surface area contributed by atoms with E-state index >= 15 is 0 Å². The van der Waals surface area contributed by atoms with E-state index in [0.29, 0.717) is 6.04 Å². The molecular formula is C16H25N. The van der Waals surface area contributed by atoms with E-state index in [4.69, 9.17) is 0 Å². The third kappa shape index (κ3) is 4.01. The number of nitrogens with one attached hydrogen (secondary N) is 1. The van der Waals surface area contributed by atoms with Gasteiger partial charge in [0.1, 0.15) is 0 Å². The normalized spacial score (nSPS) is 19.1. The number of allylic oxidation sites excluding steroid dienone is 1. The largest absolute Gasteiger partial charge is 0.310 e. The summed E-state index contributed by atoms with van der Waals surface area (Å²) in [7, 11) is 0. The first-order valence-electron chi connectivity index (χ1n) is 6.90. The lowest BCUT2D eigenvalue weighted by molar-refractivity contribution is 0.646. The molecule has 0 radical (unpaired) electrons. The summed E-state index contributed by atoms with van der Waals surface area (Å²) in [6.07, 6.45) is 8.16. The van der Waals surface area contributed by atoms with E-state index in [0.717, 1.165) is 13.0 Å². The van der Waals surface area contributed by atoms with E-state index in [1.807, 2.05) is 13.8 Å². The molecule has 0 aliphatic carbocycles. The molecule has 1 nitrogen and oxygen atoms in total. The van der Waals surface area contributed by atoms with E-state index in [2.05, 4.69) is 48.7 Å². The molecule has 2 rings (SSSR count). The number of hydrogen-bond acceptors (Lipinski definition) is 1. The standard InChI is InChI=1S/C14H19N.C2H6/c1-2-3-7-12-8-4-5-9-13(12)14-10-6-11-15-14;1-2/h3-5,7-9,14-15H,2,6,10-11H2,1H3;1-2H3/b7-3+;. The molecule has 1 N–H and O–H groups in total. The van der Waals surface area contributed by atoms with Gasteiger partial charge in [-0.2, -0.15) is 0 Å². The third-order valence-electron chi connectivity index (χ3n) is 2.96. The second-order valence-corrected chi connectivity index (χ2v) is 4.09. The molecule has 1 aliphatic heterocycles. The van der Waals surface area contributed by atoms with Crippen LogP contribution in [0.1, 0.15) is 57.2 Å². The van der Waals surface area contributed by atoms with E-state index in [-0.39, 0.29) is 0 Å². The van der Waals surface area contributed by atoms with Crippen molar-refractivity contribution in [2.45, 2.75) is 46.1 Å². The van der Waals surface area contributed by atoms with Crippen LogP contribution in [0.3, 0.4) is 0 Å². The van der Waals surface area contributed by atoms with Gasteiger partial charge in [-0.3, -0.25) is 0 Å². The van der Waals surface area contributed by atoms with Crippen LogP contribution in [0.4, 0.5) is 0 Å². The van der Waals surface area contributed by atoms with Crippen LogP contribution in [0.25, 0.3) is 6.08 Å². The van der Waals surface area contributed by atoms with Crippen molar-refractivity contribution in [3.63, 3.8) is 0 Å². The quantitative estimate of drug-likeness (QED) is 0.804. The van der Waals surface area contributed by atoms with E-state index < -0.39 is 0 Å². The van der Waals surface area contributed by atoms with Gasteiger partial charge < -0.3 is 5.32 Å². The molecule has 0 spiro atoms. The Labute approximate surface area is 106 Å². The second kappa shape index (κ2) is 8.08. The van der Waals surface area contributed by atoms with Crippen LogP contribution in [-0.4, -0.2) is 6.54 Å². The molecule has 0 aromatic heterocycles. The highest BCUT2D eigenvalue weighted by atomic mass is 14.9. The molecule has 0 bridgehead atoms. The molecule has 17 heavy (non-hydrogen) atoms. The highest BCUT2D eigenvalue weighted by Gasteiger charge is 2.17. The minimum Gasteiger partial charge on any atom is -0.310 e. The topological polar surface area (TPSA) is 12.0 Å². The zero-order valence-electron chi connectivity index (χ0n) is 11.4. The van der Waals surface area contributed by atoms with Gasteiger partial charge in [0.25, 0.3) is 0 Å². The summed E-state index contributed by atoms with van der Waals surface area (Å²) in [6.45, 7) is 7.34. The van der Waals surface area contributed by atoms with Crippen LogP contribution in [0, 0.1) is 0 Å². The molecule has 1 heterocycles. The molecule has 1 aromatic carbocycles. The van der Waals surface area contributed by atoms with Crippen LogP contribution < -0.4 is 5.32 Å². The van der Waals surface area contributed by atoms with Crippen LogP contribution >= 0.6 is 0 Å². The zero-order valence-corrected chi connectivity index (χ0v) is 11.4. The number of rotatable bonds is 3. The third-order valence-corrected chi connectivity index (χ3v) is 2.96. The van der Waals surface area contributed by atoms with Gasteiger partial charge in [0, 0.05) is 6.04 Å². The second-order valence-electron chi connectivity index (χ2n) is 4.09. The average molecular weight is 231 g/mol. The van der Waals surface area contributed by atoms with E-state index in [1.165, 1.54) is 24.0 Å². The average Bonchev–Trinajstić information content (AvgIpc) is 2.93. The fraction of sp³-hybridized carbons (Fsp3) is 0.500. The summed E-state index contributed by atoms with van der Waals surface area (Å²) in [4.78, 5) is 0. The fourth-order valence-electron chi connectivity index (χ4n) is 2.17. The van der Waals surface area contributed by atoms with Crippen molar-refractivity contribution in [2.75, 3.05) is 6.54 Å². The summed E-state index contributed by atoms with van der Waals surface area (Å²) in [5.41, 5.74) is 2.83. The Morgan fingerprint density at radius 1 is 1.29 bits per heavy atom. The first kappa shape index (κ1) is 14.0. The predicted octanol–water partition coefficient (Wildman–Crippen LogP) is 4.56. The van der Waals surface area contributed by atoms with Crippen molar-refractivity contribution >= 4 is 6.08 Å². The van der Waals surface area contributed by atoms with Gasteiger partial charge >= 0.3 is 0 Å². The van der Waals surface area contributed by atoms with Crippen molar-refractivity contribution in [3.05, 3.63) is 41.5 Å². The Bertz CT molecular complexity index is 335. The zero-order chi connectivity index (χ0) is 12.5. The summed E-state index contributed by atoms with van der Waals surface area (Å²) >= 11 is 0. The first-order chi connectivity index (χ1) is 8.42. The Morgan fingerprint density at radius 3 is 2.71 bits per heavy atom. The SMILES string of the molecule is CC.CC/C=C/c1ccccc1C1CCCN1. The summed E-state index contributed by atoms with van der Waals surface area (Å²) < 4.78 is 0. The van der Waals surface area contributed by atoms with Crippen molar-refractivity contribution in [1.82, 2.24) is 5.32 Å². The fourth-order valence-corrected chi connectivity index (χ4v) is 2.17. The summed E-state index contributed by atoms with van der Waals surface area (Å²) in [6, 6.07) is 9.29. The van der Waals surface area contributed by atoms with Crippen molar-refractivity contribution in [3.8, 4) is 0 Å². The van der Waals surface area contributed by atoms with Crippen molar-refractivity contribution in [2.24, 2.45) is 0 Å². The molecule has 1 fully saturated rings. The molecular weight excluding hydrogens is 206 g/mol. The van der Waals surface area contributed by atoms with Crippen molar-refractivity contribution < 1.29 is 0 Å². The lowest BCUT2D eigenvalue weighted by Gasteiger charge is -2.13. The molecule has 1 heteroatoms. The number of benzene rings is 1. The smallest absolute Gasteiger partial charge is 0.0326 e. The number of hydrogen-bond donors (Lipinski definition) is 1. The summed E-state index contributed by atoms with van der Waals surface area (Å²) in [5.74, 6) is 0.